The van der Waals surface area contributed by atoms with Crippen LogP contribution in [0.3, 0.4) is 0 Å². The van der Waals surface area contributed by atoms with Crippen LogP contribution in [0.2, 0.25) is 0 Å². The maximum Gasteiger partial charge on any atom is 0.266 e. The molecule has 2 fully saturated rings. The monoisotopic (exact) mass is 400 g/mol. The number of imide groups is 1. The fraction of sp³-hybridized carbons (Fsp3) is 0.167. The summed E-state index contributed by atoms with van der Waals surface area (Å²) in [4.78, 5) is 34.0. The standard InChI is InChI=1S/C24H20N2O4/c1-15-6-5-9-18(14-15)25-23(28)20-21(16-10-12-19(27)13-11-16)26(30-22(20)24(25)29)17-7-3-2-4-8-17/h2-14,20-22,27H,1H3/t20-,21-,22-/m1/s1. The molecule has 2 aliphatic rings. The van der Waals surface area contributed by atoms with Gasteiger partial charge in [0.05, 0.1) is 17.4 Å². The first-order valence-electron chi connectivity index (χ1n) is 9.79. The Labute approximate surface area is 173 Å². The summed E-state index contributed by atoms with van der Waals surface area (Å²) < 4.78 is 0. The number of phenols is 1. The lowest BCUT2D eigenvalue weighted by atomic mass is 9.90. The molecule has 0 aromatic heterocycles. The maximum atomic E-state index is 13.5. The number of benzene rings is 3. The second kappa shape index (κ2) is 7.00. The quantitative estimate of drug-likeness (QED) is 0.678. The van der Waals surface area contributed by atoms with Gasteiger partial charge >= 0.3 is 0 Å². The highest BCUT2D eigenvalue weighted by molar-refractivity contribution is 6.23. The molecule has 0 aliphatic carbocycles. The summed E-state index contributed by atoms with van der Waals surface area (Å²) in [6.45, 7) is 1.92. The van der Waals surface area contributed by atoms with E-state index in [0.717, 1.165) is 16.8 Å². The van der Waals surface area contributed by atoms with Crippen LogP contribution in [0.4, 0.5) is 11.4 Å². The molecule has 2 amide bonds. The number of anilines is 2. The number of aromatic hydroxyl groups is 1. The number of carbonyl (C=O) groups is 2. The van der Waals surface area contributed by atoms with Crippen LogP contribution >= 0.6 is 0 Å². The molecule has 2 saturated heterocycles. The average Bonchev–Trinajstić information content (AvgIpc) is 3.26. The van der Waals surface area contributed by atoms with Crippen LogP contribution in [0.5, 0.6) is 5.75 Å². The number of carbonyl (C=O) groups excluding carboxylic acids is 2. The molecule has 0 saturated carbocycles. The van der Waals surface area contributed by atoms with E-state index in [-0.39, 0.29) is 17.6 Å². The number of nitrogens with zero attached hydrogens (tertiary/aromatic N) is 2. The van der Waals surface area contributed by atoms with Crippen LogP contribution in [0.15, 0.2) is 78.9 Å². The molecule has 1 N–H and O–H groups in total. The fourth-order valence-electron chi connectivity index (χ4n) is 4.25. The highest BCUT2D eigenvalue weighted by atomic mass is 16.7. The number of phenolic OH excluding ortho intramolecular Hbond substituents is 1. The van der Waals surface area contributed by atoms with Crippen molar-refractivity contribution in [2.75, 3.05) is 9.96 Å². The molecule has 3 atom stereocenters. The lowest BCUT2D eigenvalue weighted by Crippen LogP contribution is -2.37. The number of hydrogen-bond acceptors (Lipinski definition) is 5. The Balaban J connectivity index is 1.59. The van der Waals surface area contributed by atoms with E-state index in [1.807, 2.05) is 55.5 Å². The van der Waals surface area contributed by atoms with Gasteiger partial charge in [0.25, 0.3) is 5.91 Å². The van der Waals surface area contributed by atoms with Gasteiger partial charge in [0.15, 0.2) is 6.10 Å². The lowest BCUT2D eigenvalue weighted by Gasteiger charge is -2.28. The minimum atomic E-state index is -0.906. The molecular formula is C24H20N2O4. The minimum absolute atomic E-state index is 0.135. The van der Waals surface area contributed by atoms with Crippen molar-refractivity contribution in [3.05, 3.63) is 90.0 Å². The average molecular weight is 400 g/mol. The maximum absolute atomic E-state index is 13.5. The van der Waals surface area contributed by atoms with Crippen molar-refractivity contribution >= 4 is 23.2 Å². The zero-order chi connectivity index (χ0) is 20.8. The number of rotatable bonds is 3. The molecule has 6 nitrogen and oxygen atoms in total. The van der Waals surface area contributed by atoms with Crippen molar-refractivity contribution < 1.29 is 19.5 Å². The third kappa shape index (κ3) is 2.84. The zero-order valence-corrected chi connectivity index (χ0v) is 16.3. The van der Waals surface area contributed by atoms with E-state index in [4.69, 9.17) is 4.84 Å². The lowest BCUT2D eigenvalue weighted by molar-refractivity contribution is -0.126. The van der Waals surface area contributed by atoms with Crippen molar-refractivity contribution in [1.29, 1.82) is 0 Å². The molecule has 3 aromatic carbocycles. The van der Waals surface area contributed by atoms with Crippen molar-refractivity contribution in [1.82, 2.24) is 0 Å². The molecule has 150 valence electrons. The van der Waals surface area contributed by atoms with Gasteiger partial charge in [-0.15, -0.1) is 0 Å². The molecule has 5 rings (SSSR count). The minimum Gasteiger partial charge on any atom is -0.508 e. The van der Waals surface area contributed by atoms with Crippen LogP contribution in [0.1, 0.15) is 17.2 Å². The summed E-state index contributed by atoms with van der Waals surface area (Å²) in [5.74, 6) is -1.21. The molecule has 0 radical (unpaired) electrons. The van der Waals surface area contributed by atoms with Gasteiger partial charge in [0.1, 0.15) is 11.7 Å². The van der Waals surface area contributed by atoms with Crippen molar-refractivity contribution in [2.24, 2.45) is 5.92 Å². The third-order valence-corrected chi connectivity index (χ3v) is 5.62. The van der Waals surface area contributed by atoms with E-state index in [2.05, 4.69) is 0 Å². The van der Waals surface area contributed by atoms with E-state index in [1.165, 1.54) is 4.90 Å². The SMILES string of the molecule is Cc1cccc(N2C(=O)[C@@H]3[C@@H](c4ccc(O)cc4)N(c4ccccc4)O[C@H]3C2=O)c1. The van der Waals surface area contributed by atoms with Gasteiger partial charge in [-0.3, -0.25) is 14.4 Å². The number of para-hydroxylation sites is 1. The van der Waals surface area contributed by atoms with Gasteiger partial charge in [-0.25, -0.2) is 9.96 Å². The van der Waals surface area contributed by atoms with Crippen LogP contribution in [-0.2, 0) is 14.4 Å². The van der Waals surface area contributed by atoms with Gasteiger partial charge in [-0.1, -0.05) is 42.5 Å². The summed E-state index contributed by atoms with van der Waals surface area (Å²) in [7, 11) is 0. The predicted octanol–water partition coefficient (Wildman–Crippen LogP) is 3.75. The summed E-state index contributed by atoms with van der Waals surface area (Å²) >= 11 is 0. The molecule has 2 heterocycles. The zero-order valence-electron chi connectivity index (χ0n) is 16.3. The van der Waals surface area contributed by atoms with E-state index >= 15 is 0 Å². The van der Waals surface area contributed by atoms with E-state index in [1.54, 1.807) is 35.4 Å². The number of fused-ring (bicyclic) bond motifs is 1. The van der Waals surface area contributed by atoms with Gasteiger partial charge in [-0.05, 0) is 54.4 Å². The summed E-state index contributed by atoms with van der Waals surface area (Å²) in [5.41, 5.74) is 3.06. The second-order valence-corrected chi connectivity index (χ2v) is 7.60. The first-order valence-corrected chi connectivity index (χ1v) is 9.79. The van der Waals surface area contributed by atoms with E-state index in [0.29, 0.717) is 5.69 Å². The van der Waals surface area contributed by atoms with Crippen molar-refractivity contribution in [3.8, 4) is 5.75 Å². The van der Waals surface area contributed by atoms with Crippen LogP contribution < -0.4 is 9.96 Å². The Bertz CT molecular complexity index is 1110. The number of aryl methyl sites for hydroxylation is 1. The summed E-state index contributed by atoms with van der Waals surface area (Å²) in [6.07, 6.45) is -0.906. The van der Waals surface area contributed by atoms with E-state index in [9.17, 15) is 14.7 Å². The fourth-order valence-corrected chi connectivity index (χ4v) is 4.25. The van der Waals surface area contributed by atoms with Crippen LogP contribution in [0.25, 0.3) is 0 Å². The molecule has 0 spiro atoms. The summed E-state index contributed by atoms with van der Waals surface area (Å²) in [6, 6.07) is 22.9. The van der Waals surface area contributed by atoms with Crippen molar-refractivity contribution in [2.45, 2.75) is 19.1 Å². The molecule has 30 heavy (non-hydrogen) atoms. The summed E-state index contributed by atoms with van der Waals surface area (Å²) in [5, 5.41) is 11.4. The normalized spacial score (nSPS) is 23.2. The number of hydroxylamine groups is 1. The molecular weight excluding hydrogens is 380 g/mol. The Morgan fingerprint density at radius 2 is 1.53 bits per heavy atom. The largest absolute Gasteiger partial charge is 0.508 e. The molecule has 6 heteroatoms. The predicted molar refractivity (Wildman–Crippen MR) is 112 cm³/mol. The molecule has 3 aromatic rings. The Kier molecular flexibility index (Phi) is 4.29. The van der Waals surface area contributed by atoms with Gasteiger partial charge in [-0.2, -0.15) is 0 Å². The highest BCUT2D eigenvalue weighted by Gasteiger charge is 2.60. The number of hydrogen-bond donors (Lipinski definition) is 1. The molecule has 0 bridgehead atoms. The second-order valence-electron chi connectivity index (χ2n) is 7.60. The van der Waals surface area contributed by atoms with E-state index < -0.39 is 18.1 Å². The Hall–Kier alpha value is -3.64. The number of amides is 2. The Morgan fingerprint density at radius 1 is 0.833 bits per heavy atom. The highest BCUT2D eigenvalue weighted by Crippen LogP contribution is 2.47. The van der Waals surface area contributed by atoms with Crippen LogP contribution in [-0.4, -0.2) is 23.0 Å². The first-order chi connectivity index (χ1) is 14.5. The molecule has 2 aliphatic heterocycles. The third-order valence-electron chi connectivity index (χ3n) is 5.62. The van der Waals surface area contributed by atoms with Gasteiger partial charge in [0, 0.05) is 0 Å². The van der Waals surface area contributed by atoms with Crippen LogP contribution in [0, 0.1) is 12.8 Å². The van der Waals surface area contributed by atoms with Gasteiger partial charge in [0.2, 0.25) is 5.91 Å². The smallest absolute Gasteiger partial charge is 0.266 e. The Morgan fingerprint density at radius 3 is 2.23 bits per heavy atom. The van der Waals surface area contributed by atoms with Crippen molar-refractivity contribution in [3.63, 3.8) is 0 Å². The molecule has 0 unspecified atom stereocenters. The first kappa shape index (κ1) is 18.4. The van der Waals surface area contributed by atoms with Gasteiger partial charge < -0.3 is 5.11 Å². The topological polar surface area (TPSA) is 70.1 Å².